The third-order valence-corrected chi connectivity index (χ3v) is 3.45. The van der Waals surface area contributed by atoms with Gasteiger partial charge in [-0.2, -0.15) is 0 Å². The van der Waals surface area contributed by atoms with Gasteiger partial charge in [-0.05, 0) is 37.0 Å². The molecule has 1 aliphatic rings. The maximum absolute atomic E-state index is 13.6. The maximum Gasteiger partial charge on any atom is 0.128 e. The highest BCUT2D eigenvalue weighted by atomic mass is 19.1. The lowest BCUT2D eigenvalue weighted by Gasteiger charge is -2.30. The lowest BCUT2D eigenvalue weighted by molar-refractivity contribution is 0.0522. The van der Waals surface area contributed by atoms with Crippen LogP contribution in [0.15, 0.2) is 30.5 Å². The number of nitrogens with two attached hydrogens (primary N) is 1. The molecule has 1 fully saturated rings. The quantitative estimate of drug-likeness (QED) is 0.831. The Labute approximate surface area is 113 Å². The van der Waals surface area contributed by atoms with Crippen molar-refractivity contribution in [2.45, 2.75) is 19.3 Å². The molecule has 0 amide bonds. The summed E-state index contributed by atoms with van der Waals surface area (Å²) in [5, 5.41) is 0. The minimum Gasteiger partial charge on any atom is -0.399 e. The molecule has 0 atom stereocenters. The second kappa shape index (κ2) is 6.57. The van der Waals surface area contributed by atoms with Crippen molar-refractivity contribution in [3.05, 3.63) is 41.9 Å². The molecule has 1 heterocycles. The topological polar surface area (TPSA) is 38.5 Å². The molecule has 0 spiro atoms. The number of halogens is 1. The van der Waals surface area contributed by atoms with Crippen molar-refractivity contribution in [2.24, 2.45) is 0 Å². The summed E-state index contributed by atoms with van der Waals surface area (Å²) in [5.41, 5.74) is 7.85. The van der Waals surface area contributed by atoms with E-state index in [4.69, 9.17) is 10.5 Å². The van der Waals surface area contributed by atoms with E-state index in [1.807, 2.05) is 0 Å². The van der Waals surface area contributed by atoms with Crippen LogP contribution in [0.3, 0.4) is 0 Å². The molecule has 0 aliphatic carbocycles. The fourth-order valence-electron chi connectivity index (χ4n) is 2.29. The highest BCUT2D eigenvalue weighted by molar-refractivity contribution is 5.40. The summed E-state index contributed by atoms with van der Waals surface area (Å²) in [6, 6.07) is 4.89. The normalized spacial score (nSPS) is 15.5. The molecule has 19 heavy (non-hydrogen) atoms. The van der Waals surface area contributed by atoms with Gasteiger partial charge in [0.15, 0.2) is 0 Å². The van der Waals surface area contributed by atoms with Gasteiger partial charge in [0.05, 0.1) is 13.2 Å². The third-order valence-electron chi connectivity index (χ3n) is 3.45. The predicted molar refractivity (Wildman–Crippen MR) is 75.3 cm³/mol. The van der Waals surface area contributed by atoms with E-state index in [1.165, 1.54) is 6.07 Å². The Morgan fingerprint density at radius 2 is 2.11 bits per heavy atom. The average Bonchev–Trinajstić information content (AvgIpc) is 2.42. The van der Waals surface area contributed by atoms with Gasteiger partial charge in [-0.15, -0.1) is 0 Å². The molecule has 4 heteroatoms. The molecule has 0 saturated carbocycles. The molecule has 2 N–H and O–H groups in total. The zero-order chi connectivity index (χ0) is 13.7. The van der Waals surface area contributed by atoms with E-state index < -0.39 is 0 Å². The van der Waals surface area contributed by atoms with Crippen LogP contribution in [0, 0.1) is 5.82 Å². The van der Waals surface area contributed by atoms with E-state index >= 15 is 0 Å². The van der Waals surface area contributed by atoms with Crippen LogP contribution in [0.5, 0.6) is 0 Å². The summed E-state index contributed by atoms with van der Waals surface area (Å²) < 4.78 is 18.9. The number of allylic oxidation sites excluding steroid dienone is 1. The van der Waals surface area contributed by atoms with Gasteiger partial charge in [0.25, 0.3) is 0 Å². The van der Waals surface area contributed by atoms with Crippen LogP contribution in [0.2, 0.25) is 0 Å². The summed E-state index contributed by atoms with van der Waals surface area (Å²) in [6.45, 7) is 7.47. The number of nitrogens with zero attached hydrogens (tertiary/aromatic N) is 1. The van der Waals surface area contributed by atoms with Crippen LogP contribution in [-0.2, 0) is 11.2 Å². The van der Waals surface area contributed by atoms with Gasteiger partial charge < -0.3 is 15.4 Å². The molecular weight excluding hydrogens is 243 g/mol. The van der Waals surface area contributed by atoms with E-state index in [-0.39, 0.29) is 5.82 Å². The van der Waals surface area contributed by atoms with Gasteiger partial charge in [0.2, 0.25) is 0 Å². The molecule has 1 saturated heterocycles. The number of ether oxygens (including phenoxy) is 1. The van der Waals surface area contributed by atoms with Crippen molar-refractivity contribution < 1.29 is 9.13 Å². The third kappa shape index (κ3) is 3.96. The maximum atomic E-state index is 13.6. The molecule has 0 unspecified atom stereocenters. The minimum atomic E-state index is -0.211. The standard InChI is InChI=1S/C15H21FN2O/c1-12(18-7-9-19-10-8-18)3-2-4-13-5-6-14(17)11-15(13)16/h5-6,11H,1-4,7-10,17H2. The van der Waals surface area contributed by atoms with Gasteiger partial charge in [-0.3, -0.25) is 0 Å². The van der Waals surface area contributed by atoms with Crippen LogP contribution < -0.4 is 5.73 Å². The first-order valence-electron chi connectivity index (χ1n) is 6.71. The molecule has 3 nitrogen and oxygen atoms in total. The number of morpholine rings is 1. The number of anilines is 1. The second-order valence-corrected chi connectivity index (χ2v) is 4.87. The van der Waals surface area contributed by atoms with Crippen molar-refractivity contribution in [3.8, 4) is 0 Å². The van der Waals surface area contributed by atoms with Crippen molar-refractivity contribution in [1.82, 2.24) is 4.90 Å². The average molecular weight is 264 g/mol. The van der Waals surface area contributed by atoms with Gasteiger partial charge in [0, 0.05) is 24.5 Å². The highest BCUT2D eigenvalue weighted by Crippen LogP contribution is 2.17. The van der Waals surface area contributed by atoms with Gasteiger partial charge >= 0.3 is 0 Å². The van der Waals surface area contributed by atoms with Gasteiger partial charge in [0.1, 0.15) is 5.82 Å². The fourth-order valence-corrected chi connectivity index (χ4v) is 2.29. The second-order valence-electron chi connectivity index (χ2n) is 4.87. The first kappa shape index (κ1) is 13.9. The van der Waals surface area contributed by atoms with Crippen LogP contribution in [-0.4, -0.2) is 31.2 Å². The van der Waals surface area contributed by atoms with Crippen LogP contribution in [0.25, 0.3) is 0 Å². The van der Waals surface area contributed by atoms with E-state index in [1.54, 1.807) is 12.1 Å². The largest absolute Gasteiger partial charge is 0.399 e. The van der Waals surface area contributed by atoms with E-state index in [0.29, 0.717) is 5.69 Å². The first-order valence-corrected chi connectivity index (χ1v) is 6.71. The summed E-state index contributed by atoms with van der Waals surface area (Å²) in [4.78, 5) is 2.25. The highest BCUT2D eigenvalue weighted by Gasteiger charge is 2.12. The first-order chi connectivity index (χ1) is 9.16. The summed E-state index contributed by atoms with van der Waals surface area (Å²) in [5.74, 6) is -0.211. The molecule has 1 aromatic rings. The number of nitrogen functional groups attached to an aromatic ring is 1. The lowest BCUT2D eigenvalue weighted by atomic mass is 10.1. The Morgan fingerprint density at radius 3 is 2.79 bits per heavy atom. The van der Waals surface area contributed by atoms with Gasteiger partial charge in [-0.1, -0.05) is 12.6 Å². The Hall–Kier alpha value is -1.55. The number of aryl methyl sites for hydroxylation is 1. The van der Waals surface area contributed by atoms with Crippen LogP contribution in [0.4, 0.5) is 10.1 Å². The van der Waals surface area contributed by atoms with Crippen molar-refractivity contribution >= 4 is 5.69 Å². The smallest absolute Gasteiger partial charge is 0.128 e. The van der Waals surface area contributed by atoms with Crippen molar-refractivity contribution in [1.29, 1.82) is 0 Å². The zero-order valence-corrected chi connectivity index (χ0v) is 11.2. The molecular formula is C15H21FN2O. The summed E-state index contributed by atoms with van der Waals surface area (Å²) >= 11 is 0. The van der Waals surface area contributed by atoms with Crippen LogP contribution in [0.1, 0.15) is 18.4 Å². The van der Waals surface area contributed by atoms with Crippen LogP contribution >= 0.6 is 0 Å². The van der Waals surface area contributed by atoms with Crippen molar-refractivity contribution in [3.63, 3.8) is 0 Å². The number of hydrogen-bond donors (Lipinski definition) is 1. The van der Waals surface area contributed by atoms with Crippen molar-refractivity contribution in [2.75, 3.05) is 32.0 Å². The predicted octanol–water partition coefficient (Wildman–Crippen LogP) is 2.58. The molecule has 2 rings (SSSR count). The molecule has 0 aromatic heterocycles. The number of hydrogen-bond acceptors (Lipinski definition) is 3. The lowest BCUT2D eigenvalue weighted by Crippen LogP contribution is -2.35. The molecule has 104 valence electrons. The molecule has 1 aliphatic heterocycles. The molecule has 0 bridgehead atoms. The Kier molecular flexibility index (Phi) is 4.80. The summed E-state index contributed by atoms with van der Waals surface area (Å²) in [7, 11) is 0. The Bertz CT molecular complexity index is 442. The van der Waals surface area contributed by atoms with E-state index in [2.05, 4.69) is 11.5 Å². The molecule has 1 aromatic carbocycles. The van der Waals surface area contributed by atoms with Gasteiger partial charge in [-0.25, -0.2) is 4.39 Å². The van der Waals surface area contributed by atoms with E-state index in [0.717, 1.165) is 56.8 Å². The minimum absolute atomic E-state index is 0.211. The zero-order valence-electron chi connectivity index (χ0n) is 11.2. The van der Waals surface area contributed by atoms with E-state index in [9.17, 15) is 4.39 Å². The summed E-state index contributed by atoms with van der Waals surface area (Å²) in [6.07, 6.45) is 2.51. The Balaban J connectivity index is 1.78. The number of benzene rings is 1. The number of rotatable bonds is 5. The fraction of sp³-hybridized carbons (Fsp3) is 0.467. The SMILES string of the molecule is C=C(CCCc1ccc(N)cc1F)N1CCOCC1. The Morgan fingerprint density at radius 1 is 1.37 bits per heavy atom. The molecule has 0 radical (unpaired) electrons. The monoisotopic (exact) mass is 264 g/mol.